The van der Waals surface area contributed by atoms with Crippen LogP contribution in [0.5, 0.6) is 5.19 Å². The van der Waals surface area contributed by atoms with Crippen molar-refractivity contribution in [1.82, 2.24) is 4.98 Å². The first-order valence-corrected chi connectivity index (χ1v) is 5.08. The van der Waals surface area contributed by atoms with Gasteiger partial charge in [-0.2, -0.15) is 4.99 Å². The number of fused-ring (bicyclic) bond motifs is 1. The molecule has 0 fully saturated rings. The van der Waals surface area contributed by atoms with Crippen LogP contribution in [0, 0.1) is 0 Å². The highest BCUT2D eigenvalue weighted by Gasteiger charge is 2.03. The van der Waals surface area contributed by atoms with E-state index in [1.165, 1.54) is 11.3 Å². The lowest BCUT2D eigenvalue weighted by molar-refractivity contribution is 0.413. The molecule has 1 aromatic carbocycles. The van der Waals surface area contributed by atoms with E-state index in [2.05, 4.69) is 27.4 Å². The minimum Gasteiger partial charge on any atom is -0.473 e. The number of thiazole rings is 1. The van der Waals surface area contributed by atoms with Crippen molar-refractivity contribution in [2.45, 2.75) is 0 Å². The van der Waals surface area contributed by atoms with E-state index in [-0.39, 0.29) is 0 Å². The average Bonchev–Trinajstić information content (AvgIpc) is 2.60. The van der Waals surface area contributed by atoms with Crippen LogP contribution < -0.4 is 4.74 Å². The van der Waals surface area contributed by atoms with Gasteiger partial charge < -0.3 is 4.74 Å². The molecule has 2 rings (SSSR count). The number of thiocarbonyl (C=S) groups is 1. The number of hydrogen-bond donors (Lipinski definition) is 0. The molecule has 14 heavy (non-hydrogen) atoms. The molecular weight excluding hydrogens is 216 g/mol. The van der Waals surface area contributed by atoms with E-state index in [1.54, 1.807) is 7.11 Å². The number of benzene rings is 1. The monoisotopic (exact) mass is 222 g/mol. The predicted octanol–water partition coefficient (Wildman–Crippen LogP) is 3.04. The average molecular weight is 222 g/mol. The molecule has 0 N–H and O–H groups in total. The van der Waals surface area contributed by atoms with Gasteiger partial charge in [0.25, 0.3) is 5.19 Å². The topological polar surface area (TPSA) is 34.5 Å². The molecule has 0 spiro atoms. The Morgan fingerprint density at radius 1 is 1.57 bits per heavy atom. The molecule has 0 amide bonds. The Kier molecular flexibility index (Phi) is 2.54. The van der Waals surface area contributed by atoms with Gasteiger partial charge in [-0.25, -0.2) is 4.98 Å². The van der Waals surface area contributed by atoms with Crippen LogP contribution in [0.3, 0.4) is 0 Å². The predicted molar refractivity (Wildman–Crippen MR) is 60.9 cm³/mol. The zero-order valence-corrected chi connectivity index (χ0v) is 8.98. The molecule has 0 atom stereocenters. The van der Waals surface area contributed by atoms with Gasteiger partial charge in [0.1, 0.15) is 0 Å². The Labute approximate surface area is 90.1 Å². The smallest absolute Gasteiger partial charge is 0.274 e. The van der Waals surface area contributed by atoms with Gasteiger partial charge in [-0.1, -0.05) is 11.3 Å². The summed E-state index contributed by atoms with van der Waals surface area (Å²) in [5, 5.41) is 2.99. The van der Waals surface area contributed by atoms with Crippen molar-refractivity contribution < 1.29 is 4.74 Å². The van der Waals surface area contributed by atoms with E-state index in [0.29, 0.717) is 5.19 Å². The summed E-state index contributed by atoms with van der Waals surface area (Å²) in [4.78, 5) is 8.14. The Hall–Kier alpha value is -1.29. The maximum atomic E-state index is 5.04. The third kappa shape index (κ3) is 1.65. The molecule has 0 aliphatic heterocycles. The summed E-state index contributed by atoms with van der Waals surface area (Å²) >= 11 is 6.01. The van der Waals surface area contributed by atoms with Crippen molar-refractivity contribution in [3.05, 3.63) is 18.2 Å². The normalized spacial score (nSPS) is 9.79. The number of ether oxygens (including phenoxy) is 1. The first kappa shape index (κ1) is 9.27. The summed E-state index contributed by atoms with van der Waals surface area (Å²) in [6.45, 7) is 0. The van der Waals surface area contributed by atoms with Crippen LogP contribution in [0.15, 0.2) is 23.2 Å². The Bertz CT molecular complexity index is 515. The fraction of sp³-hybridized carbons (Fsp3) is 0.111. The summed E-state index contributed by atoms with van der Waals surface area (Å²) in [5.41, 5.74) is 1.70. The van der Waals surface area contributed by atoms with Gasteiger partial charge >= 0.3 is 0 Å². The molecule has 1 aromatic heterocycles. The highest BCUT2D eigenvalue weighted by molar-refractivity contribution is 7.78. The quantitative estimate of drug-likeness (QED) is 0.578. The molecule has 0 saturated heterocycles. The number of rotatable bonds is 2. The number of hydrogen-bond acceptors (Lipinski definition) is 5. The van der Waals surface area contributed by atoms with Crippen molar-refractivity contribution in [2.24, 2.45) is 4.99 Å². The fourth-order valence-corrected chi connectivity index (χ4v) is 2.02. The second-order valence-corrected chi connectivity index (χ2v) is 3.71. The number of aromatic nitrogens is 1. The zero-order valence-electron chi connectivity index (χ0n) is 7.35. The standard InChI is InChI=1S/C9H6N2OS2/c1-12-9-11-7-3-2-6(10-5-13)4-8(7)14-9/h2-4H,1H3. The fourth-order valence-electron chi connectivity index (χ4n) is 1.10. The molecule has 0 saturated carbocycles. The maximum absolute atomic E-state index is 5.04. The van der Waals surface area contributed by atoms with E-state index in [4.69, 9.17) is 4.74 Å². The maximum Gasteiger partial charge on any atom is 0.274 e. The number of methoxy groups -OCH3 is 1. The molecule has 2 aromatic rings. The number of nitrogens with zero attached hydrogens (tertiary/aromatic N) is 2. The molecular formula is C9H6N2OS2. The third-order valence-corrected chi connectivity index (χ3v) is 2.77. The van der Waals surface area contributed by atoms with Crippen molar-refractivity contribution in [3.63, 3.8) is 0 Å². The van der Waals surface area contributed by atoms with Gasteiger partial charge in [0, 0.05) is 0 Å². The van der Waals surface area contributed by atoms with Crippen molar-refractivity contribution in [3.8, 4) is 5.19 Å². The third-order valence-electron chi connectivity index (χ3n) is 1.70. The van der Waals surface area contributed by atoms with E-state index < -0.39 is 0 Å². The second-order valence-electron chi connectivity index (χ2n) is 2.54. The van der Waals surface area contributed by atoms with Crippen molar-refractivity contribution in [1.29, 1.82) is 0 Å². The lowest BCUT2D eigenvalue weighted by Crippen LogP contribution is -1.77. The van der Waals surface area contributed by atoms with Crippen LogP contribution in [-0.2, 0) is 0 Å². The molecule has 3 nitrogen and oxygen atoms in total. The van der Waals surface area contributed by atoms with E-state index in [9.17, 15) is 0 Å². The van der Waals surface area contributed by atoms with Crippen molar-refractivity contribution in [2.75, 3.05) is 7.11 Å². The molecule has 0 aliphatic carbocycles. The van der Waals surface area contributed by atoms with E-state index >= 15 is 0 Å². The molecule has 0 unspecified atom stereocenters. The van der Waals surface area contributed by atoms with Crippen LogP contribution in [0.2, 0.25) is 0 Å². The van der Waals surface area contributed by atoms with Gasteiger partial charge in [0.15, 0.2) is 0 Å². The SMILES string of the molecule is COc1nc2ccc(N=C=S)cc2s1. The Morgan fingerprint density at radius 3 is 3.14 bits per heavy atom. The molecule has 5 heteroatoms. The minimum absolute atomic E-state index is 0.656. The van der Waals surface area contributed by atoms with Gasteiger partial charge in [-0.3, -0.25) is 0 Å². The highest BCUT2D eigenvalue weighted by Crippen LogP contribution is 2.30. The van der Waals surface area contributed by atoms with Crippen LogP contribution >= 0.6 is 23.6 Å². The summed E-state index contributed by atoms with van der Waals surface area (Å²) in [6.07, 6.45) is 0. The largest absolute Gasteiger partial charge is 0.473 e. The molecule has 70 valence electrons. The lowest BCUT2D eigenvalue weighted by Gasteiger charge is -1.88. The Balaban J connectivity index is 2.59. The van der Waals surface area contributed by atoms with E-state index in [1.807, 2.05) is 18.2 Å². The van der Waals surface area contributed by atoms with Crippen LogP contribution in [0.25, 0.3) is 10.2 Å². The zero-order chi connectivity index (χ0) is 9.97. The number of isothiocyanates is 1. The first-order chi connectivity index (χ1) is 6.83. The minimum atomic E-state index is 0.656. The summed E-state index contributed by atoms with van der Waals surface area (Å²) < 4.78 is 6.08. The molecule has 0 aliphatic rings. The van der Waals surface area contributed by atoms with E-state index in [0.717, 1.165) is 15.9 Å². The molecule has 1 heterocycles. The van der Waals surface area contributed by atoms with Gasteiger partial charge in [-0.15, -0.1) is 0 Å². The number of aliphatic imine (C=N–C) groups is 1. The van der Waals surface area contributed by atoms with Crippen molar-refractivity contribution >= 4 is 44.6 Å². The molecule has 0 bridgehead atoms. The van der Waals surface area contributed by atoms with Gasteiger partial charge in [0.05, 0.1) is 28.2 Å². The summed E-state index contributed by atoms with van der Waals surface area (Å²) in [7, 11) is 1.60. The highest BCUT2D eigenvalue weighted by atomic mass is 32.1. The van der Waals surface area contributed by atoms with Crippen LogP contribution in [0.4, 0.5) is 5.69 Å². The van der Waals surface area contributed by atoms with Crippen LogP contribution in [0.1, 0.15) is 0 Å². The molecule has 0 radical (unpaired) electrons. The second kappa shape index (κ2) is 3.84. The van der Waals surface area contributed by atoms with Crippen LogP contribution in [-0.4, -0.2) is 17.3 Å². The lowest BCUT2D eigenvalue weighted by atomic mass is 10.3. The van der Waals surface area contributed by atoms with Gasteiger partial charge in [0.2, 0.25) is 0 Å². The Morgan fingerprint density at radius 2 is 2.43 bits per heavy atom. The summed E-state index contributed by atoms with van der Waals surface area (Å²) in [5.74, 6) is 0. The first-order valence-electron chi connectivity index (χ1n) is 3.86. The summed E-state index contributed by atoms with van der Waals surface area (Å²) in [6, 6.07) is 5.65. The van der Waals surface area contributed by atoms with Gasteiger partial charge in [-0.05, 0) is 30.4 Å².